The summed E-state index contributed by atoms with van der Waals surface area (Å²) in [6.45, 7) is 2.82. The molecule has 3 rings (SSSR count). The number of nitrogens with one attached hydrogen (secondary N) is 2. The monoisotopic (exact) mass is 292 g/mol. The van der Waals surface area contributed by atoms with Crippen molar-refractivity contribution in [3.8, 4) is 0 Å². The van der Waals surface area contributed by atoms with Crippen molar-refractivity contribution in [1.29, 1.82) is 0 Å². The van der Waals surface area contributed by atoms with E-state index in [9.17, 15) is 4.79 Å². The third kappa shape index (κ3) is 3.19. The molecule has 1 aliphatic rings. The van der Waals surface area contributed by atoms with Gasteiger partial charge < -0.3 is 10.6 Å². The number of carbonyl (C=O) groups is 1. The SMILES string of the molecule is CCc1cccc(/C=C/c2cccc3c2NCCC(=O)N3)c1. The number of carbonyl (C=O) groups excluding carboxylic acids is 1. The van der Waals surface area contributed by atoms with E-state index in [1.165, 1.54) is 11.1 Å². The van der Waals surface area contributed by atoms with E-state index >= 15 is 0 Å². The van der Waals surface area contributed by atoms with Gasteiger partial charge >= 0.3 is 0 Å². The molecule has 112 valence electrons. The van der Waals surface area contributed by atoms with Crippen LogP contribution in [-0.2, 0) is 11.2 Å². The van der Waals surface area contributed by atoms with Crippen LogP contribution in [0.2, 0.25) is 0 Å². The van der Waals surface area contributed by atoms with E-state index in [1.54, 1.807) is 0 Å². The molecule has 1 aliphatic heterocycles. The molecular weight excluding hydrogens is 272 g/mol. The first kappa shape index (κ1) is 14.4. The molecule has 0 aliphatic carbocycles. The van der Waals surface area contributed by atoms with E-state index < -0.39 is 0 Å². The standard InChI is InChI=1S/C19H20N2O/c1-2-14-5-3-6-15(13-14)9-10-16-7-4-8-17-19(16)20-12-11-18(22)21-17/h3-10,13,20H,2,11-12H2,1H3,(H,21,22)/b10-9+. The zero-order valence-electron chi connectivity index (χ0n) is 12.7. The quantitative estimate of drug-likeness (QED) is 0.833. The van der Waals surface area contributed by atoms with Gasteiger partial charge in [0.15, 0.2) is 0 Å². The largest absolute Gasteiger partial charge is 0.382 e. The van der Waals surface area contributed by atoms with Crippen LogP contribution in [-0.4, -0.2) is 12.5 Å². The lowest BCUT2D eigenvalue weighted by atomic mass is 10.1. The van der Waals surface area contributed by atoms with Gasteiger partial charge in [0.2, 0.25) is 5.91 Å². The van der Waals surface area contributed by atoms with Crippen molar-refractivity contribution in [1.82, 2.24) is 0 Å². The third-order valence-electron chi connectivity index (χ3n) is 3.84. The summed E-state index contributed by atoms with van der Waals surface area (Å²) in [6.07, 6.45) is 5.74. The van der Waals surface area contributed by atoms with Crippen molar-refractivity contribution >= 4 is 29.4 Å². The fourth-order valence-electron chi connectivity index (χ4n) is 2.63. The Hall–Kier alpha value is -2.55. The van der Waals surface area contributed by atoms with Crippen molar-refractivity contribution in [3.05, 3.63) is 59.2 Å². The molecule has 3 heteroatoms. The first-order valence-electron chi connectivity index (χ1n) is 7.70. The highest BCUT2D eigenvalue weighted by Gasteiger charge is 2.13. The lowest BCUT2D eigenvalue weighted by Crippen LogP contribution is -2.10. The molecule has 2 aromatic rings. The molecule has 0 radical (unpaired) electrons. The molecule has 0 aromatic heterocycles. The number of anilines is 2. The molecule has 0 atom stereocenters. The molecule has 3 nitrogen and oxygen atoms in total. The lowest BCUT2D eigenvalue weighted by Gasteiger charge is -2.11. The highest BCUT2D eigenvalue weighted by Crippen LogP contribution is 2.29. The Morgan fingerprint density at radius 2 is 2.00 bits per heavy atom. The third-order valence-corrected chi connectivity index (χ3v) is 3.84. The molecule has 22 heavy (non-hydrogen) atoms. The highest BCUT2D eigenvalue weighted by molar-refractivity contribution is 5.98. The average molecular weight is 292 g/mol. The Kier molecular flexibility index (Phi) is 4.24. The maximum atomic E-state index is 11.6. The van der Waals surface area contributed by atoms with Gasteiger partial charge in [-0.05, 0) is 29.2 Å². The van der Waals surface area contributed by atoms with Gasteiger partial charge in [0.1, 0.15) is 0 Å². The Labute approximate surface area is 131 Å². The maximum absolute atomic E-state index is 11.6. The Morgan fingerprint density at radius 1 is 1.14 bits per heavy atom. The number of hydrogen-bond acceptors (Lipinski definition) is 2. The van der Waals surface area contributed by atoms with Gasteiger partial charge in [0, 0.05) is 13.0 Å². The molecule has 1 amide bonds. The second kappa shape index (κ2) is 6.48. The smallest absolute Gasteiger partial charge is 0.226 e. The molecule has 0 saturated carbocycles. The van der Waals surface area contributed by atoms with Gasteiger partial charge in [-0.15, -0.1) is 0 Å². The van der Waals surface area contributed by atoms with Crippen LogP contribution in [0.1, 0.15) is 30.0 Å². The summed E-state index contributed by atoms with van der Waals surface area (Å²) >= 11 is 0. The Bertz CT molecular complexity index is 719. The van der Waals surface area contributed by atoms with E-state index in [0.29, 0.717) is 13.0 Å². The van der Waals surface area contributed by atoms with E-state index in [-0.39, 0.29) is 5.91 Å². The Morgan fingerprint density at radius 3 is 2.86 bits per heavy atom. The lowest BCUT2D eigenvalue weighted by molar-refractivity contribution is -0.115. The fourth-order valence-corrected chi connectivity index (χ4v) is 2.63. The zero-order valence-corrected chi connectivity index (χ0v) is 12.7. The van der Waals surface area contributed by atoms with Gasteiger partial charge in [-0.2, -0.15) is 0 Å². The van der Waals surface area contributed by atoms with Crippen LogP contribution in [0.15, 0.2) is 42.5 Å². The number of hydrogen-bond donors (Lipinski definition) is 2. The van der Waals surface area contributed by atoms with Crippen molar-refractivity contribution in [2.24, 2.45) is 0 Å². The van der Waals surface area contributed by atoms with Gasteiger partial charge in [-0.25, -0.2) is 0 Å². The molecule has 1 heterocycles. The highest BCUT2D eigenvalue weighted by atomic mass is 16.1. The first-order valence-corrected chi connectivity index (χ1v) is 7.70. The topological polar surface area (TPSA) is 41.1 Å². The average Bonchev–Trinajstić information content (AvgIpc) is 2.74. The minimum absolute atomic E-state index is 0.0584. The number of aryl methyl sites for hydroxylation is 1. The second-order valence-corrected chi connectivity index (χ2v) is 5.43. The fraction of sp³-hybridized carbons (Fsp3) is 0.211. The molecule has 2 N–H and O–H groups in total. The second-order valence-electron chi connectivity index (χ2n) is 5.43. The number of fused-ring (bicyclic) bond motifs is 1. The van der Waals surface area contributed by atoms with Crippen LogP contribution in [0.25, 0.3) is 12.2 Å². The molecule has 2 aromatic carbocycles. The van der Waals surface area contributed by atoms with Crippen LogP contribution in [0, 0.1) is 0 Å². The molecule has 0 bridgehead atoms. The van der Waals surface area contributed by atoms with Crippen LogP contribution in [0.4, 0.5) is 11.4 Å². The minimum Gasteiger partial charge on any atom is -0.382 e. The van der Waals surface area contributed by atoms with E-state index in [1.807, 2.05) is 12.1 Å². The van der Waals surface area contributed by atoms with E-state index in [4.69, 9.17) is 0 Å². The van der Waals surface area contributed by atoms with Crippen molar-refractivity contribution < 1.29 is 4.79 Å². The predicted molar refractivity (Wildman–Crippen MR) is 92.9 cm³/mol. The molecule has 0 unspecified atom stereocenters. The number of benzene rings is 2. The van der Waals surface area contributed by atoms with Gasteiger partial charge in [0.05, 0.1) is 11.4 Å². The van der Waals surface area contributed by atoms with Crippen molar-refractivity contribution in [2.45, 2.75) is 19.8 Å². The predicted octanol–water partition coefficient (Wildman–Crippen LogP) is 4.17. The zero-order chi connectivity index (χ0) is 15.4. The summed E-state index contributed by atoms with van der Waals surface area (Å²) in [4.78, 5) is 11.6. The Balaban J connectivity index is 1.90. The number of para-hydroxylation sites is 1. The summed E-state index contributed by atoms with van der Waals surface area (Å²) in [7, 11) is 0. The van der Waals surface area contributed by atoms with Gasteiger partial charge in [-0.1, -0.05) is 55.5 Å². The minimum atomic E-state index is 0.0584. The van der Waals surface area contributed by atoms with Crippen LogP contribution in [0.5, 0.6) is 0 Å². The van der Waals surface area contributed by atoms with Gasteiger partial charge in [-0.3, -0.25) is 4.79 Å². The summed E-state index contributed by atoms with van der Waals surface area (Å²) in [5.74, 6) is 0.0584. The summed E-state index contributed by atoms with van der Waals surface area (Å²) < 4.78 is 0. The molecule has 0 spiro atoms. The van der Waals surface area contributed by atoms with E-state index in [2.05, 4.69) is 60.0 Å². The molecule has 0 fully saturated rings. The summed E-state index contributed by atoms with van der Waals surface area (Å²) in [5, 5.41) is 6.29. The maximum Gasteiger partial charge on any atom is 0.226 e. The normalized spacial score (nSPS) is 14.1. The number of amides is 1. The molecule has 0 saturated heterocycles. The van der Waals surface area contributed by atoms with Crippen LogP contribution >= 0.6 is 0 Å². The van der Waals surface area contributed by atoms with E-state index in [0.717, 1.165) is 23.4 Å². The van der Waals surface area contributed by atoms with Crippen LogP contribution < -0.4 is 10.6 Å². The van der Waals surface area contributed by atoms with Gasteiger partial charge in [0.25, 0.3) is 0 Å². The number of rotatable bonds is 3. The van der Waals surface area contributed by atoms with Crippen LogP contribution in [0.3, 0.4) is 0 Å². The van der Waals surface area contributed by atoms with Crippen molar-refractivity contribution in [2.75, 3.05) is 17.2 Å². The molecular formula is C19H20N2O. The summed E-state index contributed by atoms with van der Waals surface area (Å²) in [5.41, 5.74) is 5.46. The summed E-state index contributed by atoms with van der Waals surface area (Å²) in [6, 6.07) is 14.5. The van der Waals surface area contributed by atoms with Crippen molar-refractivity contribution in [3.63, 3.8) is 0 Å². The first-order chi connectivity index (χ1) is 10.8.